The van der Waals surface area contributed by atoms with E-state index in [1.54, 1.807) is 24.3 Å². The van der Waals surface area contributed by atoms with Crippen molar-refractivity contribution in [1.29, 1.82) is 0 Å². The first-order valence-corrected chi connectivity index (χ1v) is 16.3. The molecule has 0 saturated carbocycles. The molecule has 2 aromatic heterocycles. The van der Waals surface area contributed by atoms with E-state index < -0.39 is 48.6 Å². The Morgan fingerprint density at radius 1 is 1.07 bits per heavy atom. The summed E-state index contributed by atoms with van der Waals surface area (Å²) < 4.78 is 73.5. The molecule has 1 aliphatic rings. The van der Waals surface area contributed by atoms with Crippen LogP contribution < -0.4 is 16.2 Å². The van der Waals surface area contributed by atoms with Gasteiger partial charge in [0.25, 0.3) is 0 Å². The molecule has 0 spiro atoms. The lowest BCUT2D eigenvalue weighted by molar-refractivity contribution is -0.0315. The number of hydrogen-bond donors (Lipinski definition) is 6. The molecule has 4 rings (SSSR count). The zero-order chi connectivity index (χ0) is 30.7. The quantitative estimate of drug-likeness (QED) is 0.127. The van der Waals surface area contributed by atoms with Gasteiger partial charge in [0, 0.05) is 24.7 Å². The van der Waals surface area contributed by atoms with Crippen LogP contribution in [0.2, 0.25) is 0 Å². The Bertz CT molecular complexity index is 1640. The highest BCUT2D eigenvalue weighted by Gasteiger charge is 2.43. The molecular weight excluding hydrogens is 626 g/mol. The second-order valence-electron chi connectivity index (χ2n) is 8.59. The maximum absolute atomic E-state index is 14.9. The first-order valence-electron chi connectivity index (χ1n) is 11.8. The number of rotatable bonds is 11. The van der Waals surface area contributed by atoms with Crippen LogP contribution in [-0.4, -0.2) is 66.1 Å². The minimum atomic E-state index is -5.73. The van der Waals surface area contributed by atoms with E-state index >= 15 is 0 Å². The number of benzene rings is 1. The third-order valence-electron chi connectivity index (χ3n) is 5.51. The van der Waals surface area contributed by atoms with Crippen LogP contribution in [0.5, 0.6) is 5.75 Å². The van der Waals surface area contributed by atoms with Crippen molar-refractivity contribution in [2.45, 2.75) is 24.9 Å². The number of halogens is 1. The molecule has 17 nitrogen and oxygen atoms in total. The summed E-state index contributed by atoms with van der Waals surface area (Å²) in [6.45, 7) is -0.210. The molecule has 1 aromatic carbocycles. The lowest BCUT2D eigenvalue weighted by Gasteiger charge is -2.19. The molecule has 5 atom stereocenters. The number of alkyl halides is 1. The van der Waals surface area contributed by atoms with E-state index in [2.05, 4.69) is 35.0 Å². The summed E-state index contributed by atoms with van der Waals surface area (Å²) in [5, 5.41) is 0.378. The van der Waals surface area contributed by atoms with Gasteiger partial charge in [0.15, 0.2) is 0 Å². The smallest absolute Gasteiger partial charge is 0.490 e. The van der Waals surface area contributed by atoms with Gasteiger partial charge in [0.1, 0.15) is 48.7 Å². The predicted molar refractivity (Wildman–Crippen MR) is 142 cm³/mol. The molecule has 1 saturated heterocycles. The molecule has 1 aliphatic heterocycles. The van der Waals surface area contributed by atoms with Crippen LogP contribution in [0.4, 0.5) is 10.2 Å². The highest BCUT2D eigenvalue weighted by atomic mass is 31.3. The van der Waals surface area contributed by atoms with Gasteiger partial charge < -0.3 is 45.1 Å². The van der Waals surface area contributed by atoms with Crippen molar-refractivity contribution in [3.8, 4) is 17.6 Å². The van der Waals surface area contributed by atoms with Crippen molar-refractivity contribution in [2.24, 2.45) is 5.73 Å². The van der Waals surface area contributed by atoms with E-state index in [0.717, 1.165) is 0 Å². The van der Waals surface area contributed by atoms with E-state index in [-0.39, 0.29) is 17.9 Å². The fraction of sp³-hybridized carbons (Fsp3) is 0.333. The Hall–Kier alpha value is -2.74. The molecule has 3 heterocycles. The Morgan fingerprint density at radius 2 is 1.79 bits per heavy atom. The molecule has 0 bridgehead atoms. The number of nitrogen functional groups attached to an aromatic ring is 1. The molecule has 3 aromatic rings. The molecule has 0 aliphatic carbocycles. The van der Waals surface area contributed by atoms with E-state index in [0.29, 0.717) is 35.4 Å². The lowest BCUT2D eigenvalue weighted by Crippen LogP contribution is -2.23. The van der Waals surface area contributed by atoms with Crippen molar-refractivity contribution in [2.75, 3.05) is 25.5 Å². The predicted octanol–water partition coefficient (Wildman–Crippen LogP) is 1.72. The standard InChI is InChI=1S/C21H25FN5O12P3/c22-16-9-18(37-17(16)11-36-41(31,32)39-42(33,34)38-40(28,29)30)27-10-14(19-20(24)25-12-26-21(19)27)4-1-13-2-5-15(6-3-13)35-8-7-23/h2-3,5-6,10,12,16-18H,7-9,11,23H2,(H,31,32)(H,33,34)(H2,24,25,26)(H2,28,29,30). The average Bonchev–Trinajstić information content (AvgIpc) is 3.44. The van der Waals surface area contributed by atoms with Crippen LogP contribution in [0.25, 0.3) is 11.0 Å². The lowest BCUT2D eigenvalue weighted by atomic mass is 10.2. The Morgan fingerprint density at radius 3 is 2.45 bits per heavy atom. The number of anilines is 1. The molecule has 5 unspecified atom stereocenters. The van der Waals surface area contributed by atoms with Crippen LogP contribution in [0.15, 0.2) is 36.8 Å². The minimum absolute atomic E-state index is 0.104. The molecule has 8 N–H and O–H groups in total. The molecule has 0 radical (unpaired) electrons. The number of aromatic nitrogens is 3. The molecule has 21 heteroatoms. The summed E-state index contributed by atoms with van der Waals surface area (Å²) in [6.07, 6.45) is -1.78. The maximum Gasteiger partial charge on any atom is 0.490 e. The normalized spacial score (nSPS) is 21.8. The summed E-state index contributed by atoms with van der Waals surface area (Å²) in [5.74, 6) is 6.71. The number of nitrogens with two attached hydrogens (primary N) is 2. The Labute approximate surface area is 237 Å². The highest BCUT2D eigenvalue weighted by Crippen LogP contribution is 2.66. The Kier molecular flexibility index (Phi) is 9.86. The van der Waals surface area contributed by atoms with Crippen LogP contribution in [0, 0.1) is 11.8 Å². The SMILES string of the molecule is NCCOc1ccc(C#Cc2cn(C3CC(F)C(COP(=O)(O)OP(=O)(O)OP(=O)(O)O)O3)c3ncnc(N)c23)cc1. The van der Waals surface area contributed by atoms with E-state index in [1.807, 2.05) is 0 Å². The highest BCUT2D eigenvalue weighted by molar-refractivity contribution is 7.66. The number of phosphoric ester groups is 1. The molecule has 1 fully saturated rings. The van der Waals surface area contributed by atoms with Crippen molar-refractivity contribution >= 4 is 40.3 Å². The fourth-order valence-corrected chi connectivity index (χ4v) is 6.88. The summed E-state index contributed by atoms with van der Waals surface area (Å²) in [5.41, 5.74) is 12.8. The summed E-state index contributed by atoms with van der Waals surface area (Å²) >= 11 is 0. The number of phosphoric acid groups is 3. The summed E-state index contributed by atoms with van der Waals surface area (Å²) in [7, 11) is -16.8. The third-order valence-corrected chi connectivity index (χ3v) is 9.31. The largest absolute Gasteiger partial charge is 0.492 e. The third kappa shape index (κ3) is 8.42. The van der Waals surface area contributed by atoms with Crippen LogP contribution >= 0.6 is 23.5 Å². The number of ether oxygens (including phenoxy) is 2. The van der Waals surface area contributed by atoms with Crippen LogP contribution in [0.3, 0.4) is 0 Å². The molecular formula is C21H25FN5O12P3. The van der Waals surface area contributed by atoms with E-state index in [4.69, 9.17) is 30.7 Å². The van der Waals surface area contributed by atoms with E-state index in [1.165, 1.54) is 17.1 Å². The fourth-order valence-electron chi connectivity index (χ4n) is 3.85. The monoisotopic (exact) mass is 651 g/mol. The van der Waals surface area contributed by atoms with Crippen molar-refractivity contribution in [1.82, 2.24) is 14.5 Å². The van der Waals surface area contributed by atoms with Crippen LogP contribution in [0.1, 0.15) is 23.8 Å². The van der Waals surface area contributed by atoms with Gasteiger partial charge in [-0.2, -0.15) is 8.62 Å². The number of hydrogen-bond acceptors (Lipinski definition) is 12. The molecule has 228 valence electrons. The molecule has 42 heavy (non-hydrogen) atoms. The maximum atomic E-state index is 14.9. The topological polar surface area (TPSA) is 261 Å². The van der Waals surface area contributed by atoms with Crippen molar-refractivity contribution in [3.63, 3.8) is 0 Å². The first kappa shape index (κ1) is 32.2. The zero-order valence-corrected chi connectivity index (χ0v) is 24.0. The zero-order valence-electron chi connectivity index (χ0n) is 21.3. The van der Waals surface area contributed by atoms with Gasteiger partial charge in [-0.1, -0.05) is 11.8 Å². The number of nitrogens with zero attached hydrogens (tertiary/aromatic N) is 3. The van der Waals surface area contributed by atoms with Gasteiger partial charge in [-0.25, -0.2) is 28.1 Å². The second kappa shape index (κ2) is 12.9. The van der Waals surface area contributed by atoms with Crippen molar-refractivity contribution in [3.05, 3.63) is 47.9 Å². The van der Waals surface area contributed by atoms with Gasteiger partial charge in [-0.05, 0) is 24.3 Å². The minimum Gasteiger partial charge on any atom is -0.492 e. The van der Waals surface area contributed by atoms with Gasteiger partial charge >= 0.3 is 23.5 Å². The van der Waals surface area contributed by atoms with Gasteiger partial charge in [0.05, 0.1) is 17.6 Å². The van der Waals surface area contributed by atoms with Gasteiger partial charge in [-0.15, -0.1) is 0 Å². The van der Waals surface area contributed by atoms with E-state index in [9.17, 15) is 27.9 Å². The van der Waals surface area contributed by atoms with Crippen molar-refractivity contribution < 1.29 is 60.3 Å². The summed E-state index contributed by atoms with van der Waals surface area (Å²) in [6, 6.07) is 6.95. The van der Waals surface area contributed by atoms with Crippen LogP contribution in [-0.2, 0) is 31.6 Å². The van der Waals surface area contributed by atoms with Gasteiger partial charge in [0.2, 0.25) is 0 Å². The van der Waals surface area contributed by atoms with Gasteiger partial charge in [-0.3, -0.25) is 4.52 Å². The second-order valence-corrected chi connectivity index (χ2v) is 13.0. The molecule has 0 amide bonds. The number of fused-ring (bicyclic) bond motifs is 1. The first-order chi connectivity index (χ1) is 19.7. The summed E-state index contributed by atoms with van der Waals surface area (Å²) in [4.78, 5) is 44.3. The average molecular weight is 651 g/mol. The Balaban J connectivity index is 1.50.